The Morgan fingerprint density at radius 1 is 0.696 bits per heavy atom. The van der Waals surface area contributed by atoms with Crippen molar-refractivity contribution in [3.8, 4) is 11.5 Å². The quantitative estimate of drug-likeness (QED) is 0.696. The second kappa shape index (κ2) is 8.68. The van der Waals surface area contributed by atoms with Gasteiger partial charge in [0.15, 0.2) is 0 Å². The summed E-state index contributed by atoms with van der Waals surface area (Å²) in [5, 5.41) is 2.33. The first-order valence-corrected chi connectivity index (χ1v) is 8.46. The minimum Gasteiger partial charge on any atom is -0.497 e. The number of methoxy groups -OCH3 is 2. The maximum Gasteiger partial charge on any atom is 0.118 e. The van der Waals surface area contributed by atoms with E-state index in [9.17, 15) is 0 Å². The van der Waals surface area contributed by atoms with Gasteiger partial charge in [-0.25, -0.2) is 0 Å². The lowest BCUT2D eigenvalue weighted by Crippen LogP contribution is -2.23. The van der Waals surface area contributed by atoms with Crippen LogP contribution in [0, 0.1) is 0 Å². The number of hydrogen-bond acceptors (Lipinski definition) is 3. The Morgan fingerprint density at radius 3 is 1.30 bits per heavy atom. The summed E-state index contributed by atoms with van der Waals surface area (Å²) in [6, 6.07) is 16.2. The van der Waals surface area contributed by atoms with Crippen LogP contribution < -0.4 is 20.1 Å². The molecule has 0 aromatic heterocycles. The van der Waals surface area contributed by atoms with E-state index in [2.05, 4.69) is 45.0 Å². The van der Waals surface area contributed by atoms with Gasteiger partial charge in [0.05, 0.1) is 28.0 Å². The van der Waals surface area contributed by atoms with E-state index in [-0.39, 0.29) is 22.6 Å². The van der Waals surface area contributed by atoms with E-state index in [0.717, 1.165) is 22.1 Å². The van der Waals surface area contributed by atoms with E-state index >= 15 is 0 Å². The maximum absolute atomic E-state index is 6.34. The van der Waals surface area contributed by atoms with Crippen molar-refractivity contribution in [3.63, 3.8) is 0 Å². The Hall–Kier alpha value is -1.09. The predicted molar refractivity (Wildman–Crippen MR) is 103 cm³/mol. The molecule has 0 saturated carbocycles. The number of benzene rings is 2. The average Bonchev–Trinajstić information content (AvgIpc) is 2.52. The zero-order valence-corrected chi connectivity index (χ0v) is 16.8. The Balaban J connectivity index is 0.00000264. The minimum absolute atomic E-state index is 0. The molecule has 0 atom stereocenters. The van der Waals surface area contributed by atoms with Crippen molar-refractivity contribution < 1.29 is 14.0 Å². The normalized spacial score (nSPS) is 11.0. The summed E-state index contributed by atoms with van der Waals surface area (Å²) in [6.45, 7) is 6.24. The highest BCUT2D eigenvalue weighted by Crippen LogP contribution is 2.40. The fourth-order valence-corrected chi connectivity index (χ4v) is 3.86. The van der Waals surface area contributed by atoms with Gasteiger partial charge in [0.2, 0.25) is 0 Å². The smallest absolute Gasteiger partial charge is 0.118 e. The molecule has 2 aromatic rings. The summed E-state index contributed by atoms with van der Waals surface area (Å²) < 4.78 is 16.8. The molecular formula is C18H24BrO3P. The minimum atomic E-state index is -0.885. The van der Waals surface area contributed by atoms with Gasteiger partial charge in [-0.05, 0) is 69.3 Å². The third-order valence-electron chi connectivity index (χ3n) is 2.98. The predicted octanol–water partition coefficient (Wildman–Crippen LogP) is 4.44. The SMILES string of the molecule is Br.COc1ccc(P(OC(C)(C)C)c2ccc(OC)cc2)cc1. The molecule has 0 aliphatic heterocycles. The van der Waals surface area contributed by atoms with Crippen LogP contribution in [0.3, 0.4) is 0 Å². The summed E-state index contributed by atoms with van der Waals surface area (Å²) in [5.74, 6) is 1.70. The van der Waals surface area contributed by atoms with E-state index in [0.29, 0.717) is 0 Å². The number of hydrogen-bond donors (Lipinski definition) is 0. The summed E-state index contributed by atoms with van der Waals surface area (Å²) in [6.07, 6.45) is 0. The van der Waals surface area contributed by atoms with Gasteiger partial charge in [-0.1, -0.05) is 0 Å². The van der Waals surface area contributed by atoms with Gasteiger partial charge in [-0.2, -0.15) is 0 Å². The Morgan fingerprint density at radius 2 is 1.04 bits per heavy atom. The summed E-state index contributed by atoms with van der Waals surface area (Å²) in [7, 11) is 2.46. The van der Waals surface area contributed by atoms with Gasteiger partial charge >= 0.3 is 0 Å². The number of halogens is 1. The fraction of sp³-hybridized carbons (Fsp3) is 0.333. The van der Waals surface area contributed by atoms with Crippen LogP contribution in [0.1, 0.15) is 20.8 Å². The molecule has 0 fully saturated rings. The van der Waals surface area contributed by atoms with Crippen LogP contribution in [0.25, 0.3) is 0 Å². The van der Waals surface area contributed by atoms with Crippen molar-refractivity contribution >= 4 is 35.7 Å². The Labute approximate surface area is 150 Å². The molecule has 0 N–H and O–H groups in total. The summed E-state index contributed by atoms with van der Waals surface area (Å²) >= 11 is 0. The molecule has 23 heavy (non-hydrogen) atoms. The van der Waals surface area contributed by atoms with Crippen molar-refractivity contribution in [3.05, 3.63) is 48.5 Å². The first-order chi connectivity index (χ1) is 10.4. The third kappa shape index (κ3) is 5.80. The zero-order chi connectivity index (χ0) is 16.2. The van der Waals surface area contributed by atoms with Gasteiger partial charge in [0, 0.05) is 10.6 Å². The molecule has 0 unspecified atom stereocenters. The highest BCUT2D eigenvalue weighted by atomic mass is 79.9. The lowest BCUT2D eigenvalue weighted by Gasteiger charge is -2.28. The molecule has 0 saturated heterocycles. The van der Waals surface area contributed by atoms with Gasteiger partial charge in [-0.3, -0.25) is 0 Å². The molecule has 3 nitrogen and oxygen atoms in total. The highest BCUT2D eigenvalue weighted by molar-refractivity contribution is 8.93. The van der Waals surface area contributed by atoms with Crippen molar-refractivity contribution in [2.75, 3.05) is 14.2 Å². The van der Waals surface area contributed by atoms with E-state index < -0.39 is 8.15 Å². The van der Waals surface area contributed by atoms with Gasteiger partial charge < -0.3 is 14.0 Å². The van der Waals surface area contributed by atoms with E-state index in [1.807, 2.05) is 24.3 Å². The van der Waals surface area contributed by atoms with Crippen LogP contribution in [0.5, 0.6) is 11.5 Å². The average molecular weight is 399 g/mol. The zero-order valence-electron chi connectivity index (χ0n) is 14.2. The molecule has 0 aliphatic carbocycles. The lowest BCUT2D eigenvalue weighted by molar-refractivity contribution is 0.155. The standard InChI is InChI=1S/C18H23O3P.BrH/c1-18(2,3)21-22(16-10-6-14(19-4)7-11-16)17-12-8-15(20-5)9-13-17;/h6-13H,1-5H3;1H. The third-order valence-corrected chi connectivity index (χ3v) is 5.24. The van der Waals surface area contributed by atoms with Gasteiger partial charge in [0.25, 0.3) is 0 Å². The highest BCUT2D eigenvalue weighted by Gasteiger charge is 2.22. The molecule has 2 aromatic carbocycles. The molecule has 0 aliphatic rings. The molecule has 0 spiro atoms. The monoisotopic (exact) mass is 398 g/mol. The van der Waals surface area contributed by atoms with Crippen LogP contribution in [0.15, 0.2) is 48.5 Å². The number of rotatable bonds is 5. The van der Waals surface area contributed by atoms with E-state index in [1.165, 1.54) is 0 Å². The van der Waals surface area contributed by atoms with Crippen molar-refractivity contribution in [2.45, 2.75) is 26.4 Å². The molecule has 0 amide bonds. The molecule has 0 radical (unpaired) electrons. The van der Waals surface area contributed by atoms with Gasteiger partial charge in [-0.15, -0.1) is 17.0 Å². The maximum atomic E-state index is 6.34. The van der Waals surface area contributed by atoms with Crippen molar-refractivity contribution in [2.24, 2.45) is 0 Å². The molecule has 0 bridgehead atoms. The van der Waals surface area contributed by atoms with Crippen LogP contribution >= 0.6 is 25.1 Å². The molecule has 2 rings (SSSR count). The second-order valence-corrected chi connectivity index (χ2v) is 7.70. The van der Waals surface area contributed by atoms with E-state index in [1.54, 1.807) is 14.2 Å². The first kappa shape index (κ1) is 20.0. The van der Waals surface area contributed by atoms with Crippen LogP contribution in [-0.2, 0) is 4.52 Å². The van der Waals surface area contributed by atoms with Crippen molar-refractivity contribution in [1.82, 2.24) is 0 Å². The summed E-state index contributed by atoms with van der Waals surface area (Å²) in [5.41, 5.74) is -0.217. The van der Waals surface area contributed by atoms with Crippen molar-refractivity contribution in [1.29, 1.82) is 0 Å². The van der Waals surface area contributed by atoms with Crippen LogP contribution in [0.4, 0.5) is 0 Å². The topological polar surface area (TPSA) is 27.7 Å². The molecular weight excluding hydrogens is 375 g/mol. The van der Waals surface area contributed by atoms with E-state index in [4.69, 9.17) is 14.0 Å². The first-order valence-electron chi connectivity index (χ1n) is 7.20. The molecule has 126 valence electrons. The Bertz CT molecular complexity index is 544. The Kier molecular flexibility index (Phi) is 7.53. The lowest BCUT2D eigenvalue weighted by atomic mass is 10.2. The molecule has 5 heteroatoms. The number of ether oxygens (including phenoxy) is 2. The summed E-state index contributed by atoms with van der Waals surface area (Å²) in [4.78, 5) is 0. The van der Waals surface area contributed by atoms with Crippen LogP contribution in [-0.4, -0.2) is 19.8 Å². The second-order valence-electron chi connectivity index (χ2n) is 5.89. The van der Waals surface area contributed by atoms with Crippen LogP contribution in [0.2, 0.25) is 0 Å². The largest absolute Gasteiger partial charge is 0.497 e. The molecule has 0 heterocycles. The van der Waals surface area contributed by atoms with Gasteiger partial charge in [0.1, 0.15) is 11.5 Å². The fourth-order valence-electron chi connectivity index (χ4n) is 1.96.